The van der Waals surface area contributed by atoms with E-state index in [0.717, 1.165) is 27.8 Å². The van der Waals surface area contributed by atoms with Crippen LogP contribution in [-0.2, 0) is 0 Å². The van der Waals surface area contributed by atoms with Gasteiger partial charge in [0.15, 0.2) is 5.76 Å². The molecule has 4 heteroatoms. The number of benzene rings is 2. The highest BCUT2D eigenvalue weighted by molar-refractivity contribution is 6.06. The summed E-state index contributed by atoms with van der Waals surface area (Å²) in [5.41, 5.74) is 3.42. The molecule has 0 aliphatic rings. The number of amides is 1. The van der Waals surface area contributed by atoms with E-state index in [1.54, 1.807) is 0 Å². The van der Waals surface area contributed by atoms with Crippen LogP contribution in [0, 0.1) is 13.8 Å². The molecule has 0 atom stereocenters. The molecule has 0 spiro atoms. The first-order valence-corrected chi connectivity index (χ1v) is 7.62. The van der Waals surface area contributed by atoms with Crippen molar-refractivity contribution in [2.75, 3.05) is 11.9 Å². The van der Waals surface area contributed by atoms with Crippen molar-refractivity contribution in [3.05, 3.63) is 59.4 Å². The minimum absolute atomic E-state index is 0.250. The maximum atomic E-state index is 12.5. The van der Waals surface area contributed by atoms with Crippen molar-refractivity contribution in [3.8, 4) is 5.75 Å². The van der Waals surface area contributed by atoms with Crippen LogP contribution in [0.25, 0.3) is 11.0 Å². The monoisotopic (exact) mass is 309 g/mol. The van der Waals surface area contributed by atoms with Gasteiger partial charge in [-0.1, -0.05) is 11.6 Å². The van der Waals surface area contributed by atoms with E-state index in [9.17, 15) is 4.79 Å². The fraction of sp³-hybridized carbons (Fsp3) is 0.211. The first-order chi connectivity index (χ1) is 11.1. The molecule has 0 aliphatic carbocycles. The first-order valence-electron chi connectivity index (χ1n) is 7.62. The summed E-state index contributed by atoms with van der Waals surface area (Å²) in [6.45, 7) is 6.47. The Morgan fingerprint density at radius 1 is 1.13 bits per heavy atom. The second-order valence-corrected chi connectivity index (χ2v) is 5.47. The SMILES string of the molecule is CCOc1ccc(NC(=O)c2oc3ccc(C)cc3c2C)cc1. The molecule has 0 unspecified atom stereocenters. The molecule has 1 amide bonds. The number of carbonyl (C=O) groups is 1. The quantitative estimate of drug-likeness (QED) is 0.760. The first kappa shape index (κ1) is 15.2. The van der Waals surface area contributed by atoms with Crippen LogP contribution in [0.5, 0.6) is 5.75 Å². The van der Waals surface area contributed by atoms with Gasteiger partial charge in [0.25, 0.3) is 5.91 Å². The maximum Gasteiger partial charge on any atom is 0.291 e. The van der Waals surface area contributed by atoms with Crippen LogP contribution < -0.4 is 10.1 Å². The Kier molecular flexibility index (Phi) is 4.06. The molecule has 3 rings (SSSR count). The van der Waals surface area contributed by atoms with E-state index in [0.29, 0.717) is 18.1 Å². The Labute approximate surface area is 135 Å². The van der Waals surface area contributed by atoms with Crippen LogP contribution in [0.2, 0.25) is 0 Å². The van der Waals surface area contributed by atoms with E-state index in [-0.39, 0.29) is 5.91 Å². The number of rotatable bonds is 4. The normalized spacial score (nSPS) is 10.7. The Balaban J connectivity index is 1.84. The number of hydrogen-bond acceptors (Lipinski definition) is 3. The molecule has 4 nitrogen and oxygen atoms in total. The van der Waals surface area contributed by atoms with Gasteiger partial charge in [-0.3, -0.25) is 4.79 Å². The smallest absolute Gasteiger partial charge is 0.291 e. The number of carbonyl (C=O) groups excluding carboxylic acids is 1. The zero-order chi connectivity index (χ0) is 16.4. The van der Waals surface area contributed by atoms with Gasteiger partial charge < -0.3 is 14.5 Å². The van der Waals surface area contributed by atoms with E-state index in [1.165, 1.54) is 0 Å². The molecule has 1 aromatic heterocycles. The summed E-state index contributed by atoms with van der Waals surface area (Å²) in [5, 5.41) is 3.83. The molecule has 0 saturated heterocycles. The van der Waals surface area contributed by atoms with Gasteiger partial charge in [-0.25, -0.2) is 0 Å². The summed E-state index contributed by atoms with van der Waals surface area (Å²) in [6.07, 6.45) is 0. The van der Waals surface area contributed by atoms with Crippen LogP contribution in [0.4, 0.5) is 5.69 Å². The highest BCUT2D eigenvalue weighted by Crippen LogP contribution is 2.27. The van der Waals surface area contributed by atoms with Crippen LogP contribution in [0.1, 0.15) is 28.6 Å². The fourth-order valence-corrected chi connectivity index (χ4v) is 2.54. The van der Waals surface area contributed by atoms with Crippen molar-refractivity contribution in [2.24, 2.45) is 0 Å². The third-order valence-electron chi connectivity index (χ3n) is 3.72. The van der Waals surface area contributed by atoms with Crippen molar-refractivity contribution in [1.29, 1.82) is 0 Å². The number of hydrogen-bond donors (Lipinski definition) is 1. The Morgan fingerprint density at radius 2 is 1.87 bits per heavy atom. The second-order valence-electron chi connectivity index (χ2n) is 5.47. The van der Waals surface area contributed by atoms with Crippen molar-refractivity contribution in [2.45, 2.75) is 20.8 Å². The third kappa shape index (κ3) is 3.06. The zero-order valence-electron chi connectivity index (χ0n) is 13.5. The van der Waals surface area contributed by atoms with Gasteiger partial charge in [-0.15, -0.1) is 0 Å². The highest BCUT2D eigenvalue weighted by atomic mass is 16.5. The van der Waals surface area contributed by atoms with E-state index in [2.05, 4.69) is 5.32 Å². The number of anilines is 1. The van der Waals surface area contributed by atoms with Gasteiger partial charge in [0, 0.05) is 16.6 Å². The Bertz CT molecular complexity index is 847. The van der Waals surface area contributed by atoms with Crippen LogP contribution in [0.15, 0.2) is 46.9 Å². The van der Waals surface area contributed by atoms with Crippen molar-refractivity contribution < 1.29 is 13.9 Å². The van der Waals surface area contributed by atoms with Gasteiger partial charge >= 0.3 is 0 Å². The fourth-order valence-electron chi connectivity index (χ4n) is 2.54. The molecule has 1 N–H and O–H groups in total. The van der Waals surface area contributed by atoms with Crippen molar-refractivity contribution in [3.63, 3.8) is 0 Å². The zero-order valence-corrected chi connectivity index (χ0v) is 13.5. The summed E-state index contributed by atoms with van der Waals surface area (Å²) in [4.78, 5) is 12.5. The molecule has 23 heavy (non-hydrogen) atoms. The average molecular weight is 309 g/mol. The van der Waals surface area contributed by atoms with E-state index >= 15 is 0 Å². The van der Waals surface area contributed by atoms with Crippen LogP contribution in [0.3, 0.4) is 0 Å². The summed E-state index contributed by atoms with van der Waals surface area (Å²) >= 11 is 0. The number of ether oxygens (including phenoxy) is 1. The van der Waals surface area contributed by atoms with Gasteiger partial charge in [0.1, 0.15) is 11.3 Å². The summed E-state index contributed by atoms with van der Waals surface area (Å²) in [6, 6.07) is 13.2. The molecule has 2 aromatic carbocycles. The van der Waals surface area contributed by atoms with E-state index < -0.39 is 0 Å². The number of nitrogens with one attached hydrogen (secondary N) is 1. The molecule has 0 aliphatic heterocycles. The average Bonchev–Trinajstić information content (AvgIpc) is 2.86. The van der Waals surface area contributed by atoms with Crippen molar-refractivity contribution >= 4 is 22.6 Å². The molecular formula is C19H19NO3. The van der Waals surface area contributed by atoms with Crippen molar-refractivity contribution in [1.82, 2.24) is 0 Å². The number of fused-ring (bicyclic) bond motifs is 1. The molecule has 0 radical (unpaired) electrons. The largest absolute Gasteiger partial charge is 0.494 e. The predicted octanol–water partition coefficient (Wildman–Crippen LogP) is 4.70. The predicted molar refractivity (Wildman–Crippen MR) is 91.3 cm³/mol. The van der Waals surface area contributed by atoms with Gasteiger partial charge in [0.2, 0.25) is 0 Å². The van der Waals surface area contributed by atoms with Gasteiger partial charge in [-0.05, 0) is 57.2 Å². The number of furan rings is 1. The summed E-state index contributed by atoms with van der Waals surface area (Å²) in [7, 11) is 0. The third-order valence-corrected chi connectivity index (χ3v) is 3.72. The molecule has 118 valence electrons. The lowest BCUT2D eigenvalue weighted by Gasteiger charge is -2.06. The molecular weight excluding hydrogens is 290 g/mol. The molecule has 1 heterocycles. The molecule has 0 fully saturated rings. The van der Waals surface area contributed by atoms with E-state index in [4.69, 9.17) is 9.15 Å². The van der Waals surface area contributed by atoms with Crippen LogP contribution in [-0.4, -0.2) is 12.5 Å². The van der Waals surface area contributed by atoms with Gasteiger partial charge in [0.05, 0.1) is 6.61 Å². The molecule has 3 aromatic rings. The summed E-state index contributed by atoms with van der Waals surface area (Å²) in [5.74, 6) is 0.876. The molecule has 0 bridgehead atoms. The topological polar surface area (TPSA) is 51.5 Å². The lowest BCUT2D eigenvalue weighted by atomic mass is 10.1. The summed E-state index contributed by atoms with van der Waals surface area (Å²) < 4.78 is 11.1. The number of aryl methyl sites for hydroxylation is 2. The van der Waals surface area contributed by atoms with Gasteiger partial charge in [-0.2, -0.15) is 0 Å². The Hall–Kier alpha value is -2.75. The van der Waals surface area contributed by atoms with Crippen LogP contribution >= 0.6 is 0 Å². The standard InChI is InChI=1S/C19H19NO3/c1-4-22-15-8-6-14(7-9-15)20-19(21)18-13(3)16-11-12(2)5-10-17(16)23-18/h5-11H,4H2,1-3H3,(H,20,21). The Morgan fingerprint density at radius 3 is 2.57 bits per heavy atom. The lowest BCUT2D eigenvalue weighted by Crippen LogP contribution is -2.12. The van der Waals surface area contributed by atoms with E-state index in [1.807, 2.05) is 63.2 Å². The highest BCUT2D eigenvalue weighted by Gasteiger charge is 2.17. The second kappa shape index (κ2) is 6.16. The minimum Gasteiger partial charge on any atom is -0.494 e. The minimum atomic E-state index is -0.250. The maximum absolute atomic E-state index is 12.5. The molecule has 0 saturated carbocycles. The lowest BCUT2D eigenvalue weighted by molar-refractivity contribution is 0.0998.